The minimum Gasteiger partial charge on any atom is -0.382 e. The molecule has 118 valence electrons. The van der Waals surface area contributed by atoms with Crippen molar-refractivity contribution in [3.05, 3.63) is 39.9 Å². The van der Waals surface area contributed by atoms with Crippen LogP contribution in [-0.4, -0.2) is 20.1 Å². The number of anilines is 1. The third kappa shape index (κ3) is 2.52. The summed E-state index contributed by atoms with van der Waals surface area (Å²) in [4.78, 5) is 30.6. The van der Waals surface area contributed by atoms with Gasteiger partial charge in [0, 0.05) is 5.39 Å². The van der Waals surface area contributed by atoms with Crippen molar-refractivity contribution in [1.82, 2.24) is 14.5 Å². The monoisotopic (exact) mass is 312 g/mol. The second kappa shape index (κ2) is 5.38. The Balaban J connectivity index is 2.39. The van der Waals surface area contributed by atoms with E-state index < -0.39 is 5.54 Å². The van der Waals surface area contributed by atoms with Gasteiger partial charge in [0.25, 0.3) is 0 Å². The van der Waals surface area contributed by atoms with Crippen LogP contribution in [0.4, 0.5) is 5.82 Å². The molecule has 0 unspecified atom stereocenters. The number of nitrogens with two attached hydrogens (primary N) is 1. The lowest BCUT2D eigenvalue weighted by atomic mass is 10.1. The number of imidazole rings is 1. The molecular weight excluding hydrogens is 296 g/mol. The summed E-state index contributed by atoms with van der Waals surface area (Å²) >= 11 is 0. The van der Waals surface area contributed by atoms with Crippen LogP contribution in [0, 0.1) is 9.81 Å². The summed E-state index contributed by atoms with van der Waals surface area (Å²) in [6, 6.07) is 7.51. The number of para-hydroxylation sites is 1. The van der Waals surface area contributed by atoms with E-state index >= 15 is 0 Å². The van der Waals surface area contributed by atoms with Crippen LogP contribution < -0.4 is 5.73 Å². The lowest BCUT2D eigenvalue weighted by Gasteiger charge is -2.18. The Labute approximate surface area is 131 Å². The summed E-state index contributed by atoms with van der Waals surface area (Å²) in [6.07, 6.45) is 0. The van der Waals surface area contributed by atoms with E-state index in [1.807, 2.05) is 24.3 Å². The van der Waals surface area contributed by atoms with E-state index in [-0.39, 0.29) is 18.9 Å². The molecule has 3 aromatic rings. The highest BCUT2D eigenvalue weighted by Gasteiger charge is 2.25. The third-order valence-electron chi connectivity index (χ3n) is 3.69. The SMILES string of the molecule is CC(C)(Cn1c(CN=O)nc2c(N)nc3ccccc3c21)N=O. The first kappa shape index (κ1) is 15.0. The Bertz CT molecular complexity index is 915. The molecule has 23 heavy (non-hydrogen) atoms. The lowest BCUT2D eigenvalue weighted by molar-refractivity contribution is 0.432. The van der Waals surface area contributed by atoms with Gasteiger partial charge < -0.3 is 10.3 Å². The zero-order valence-electron chi connectivity index (χ0n) is 12.9. The number of hydrogen-bond acceptors (Lipinski definition) is 7. The van der Waals surface area contributed by atoms with Gasteiger partial charge in [-0.15, -0.1) is 0 Å². The molecule has 8 heteroatoms. The van der Waals surface area contributed by atoms with Crippen LogP contribution in [0.2, 0.25) is 0 Å². The highest BCUT2D eigenvalue weighted by Crippen LogP contribution is 2.30. The van der Waals surface area contributed by atoms with E-state index in [1.165, 1.54) is 0 Å². The van der Waals surface area contributed by atoms with E-state index in [1.54, 1.807) is 18.4 Å². The smallest absolute Gasteiger partial charge is 0.152 e. The van der Waals surface area contributed by atoms with Gasteiger partial charge in [-0.1, -0.05) is 28.6 Å². The number of pyridine rings is 1. The number of aromatic nitrogens is 3. The van der Waals surface area contributed by atoms with E-state index in [0.29, 0.717) is 11.3 Å². The zero-order chi connectivity index (χ0) is 16.6. The number of hydrogen-bond donors (Lipinski definition) is 1. The molecule has 0 saturated heterocycles. The number of fused-ring (bicyclic) bond motifs is 3. The first-order valence-corrected chi connectivity index (χ1v) is 7.14. The molecule has 3 rings (SSSR count). The number of nitroso groups, excluding NO2 is 2. The molecule has 0 bridgehead atoms. The largest absolute Gasteiger partial charge is 0.382 e. The van der Waals surface area contributed by atoms with Gasteiger partial charge in [0.2, 0.25) is 0 Å². The molecule has 0 aliphatic carbocycles. The standard InChI is InChI=1S/C15H16N6O2/c1-15(2,20-23)8-21-11(7-17-22)19-12-13(21)9-5-3-4-6-10(9)18-14(12)16/h3-6H,7-8H2,1-2H3,(H2,16,18). The van der Waals surface area contributed by atoms with Crippen molar-refractivity contribution >= 4 is 27.8 Å². The first-order valence-electron chi connectivity index (χ1n) is 7.14. The van der Waals surface area contributed by atoms with Gasteiger partial charge in [0.1, 0.15) is 23.4 Å². The number of rotatable bonds is 5. The van der Waals surface area contributed by atoms with Gasteiger partial charge in [-0.25, -0.2) is 9.97 Å². The molecule has 0 amide bonds. The molecule has 0 radical (unpaired) electrons. The van der Waals surface area contributed by atoms with Gasteiger partial charge >= 0.3 is 0 Å². The Hall–Kier alpha value is -2.90. The fraction of sp³-hybridized carbons (Fsp3) is 0.333. The van der Waals surface area contributed by atoms with Gasteiger partial charge in [-0.3, -0.25) is 0 Å². The number of benzene rings is 1. The molecule has 0 aliphatic heterocycles. The Morgan fingerprint density at radius 2 is 1.96 bits per heavy atom. The molecule has 8 nitrogen and oxygen atoms in total. The highest BCUT2D eigenvalue weighted by atomic mass is 16.3. The van der Waals surface area contributed by atoms with Crippen molar-refractivity contribution in [2.24, 2.45) is 10.4 Å². The zero-order valence-corrected chi connectivity index (χ0v) is 12.9. The molecule has 0 saturated carbocycles. The minimum absolute atomic E-state index is 0.114. The van der Waals surface area contributed by atoms with Crippen LogP contribution in [0.3, 0.4) is 0 Å². The highest BCUT2D eigenvalue weighted by molar-refractivity contribution is 6.06. The van der Waals surface area contributed by atoms with Gasteiger partial charge in [-0.2, -0.15) is 9.81 Å². The molecule has 1 aromatic carbocycles. The summed E-state index contributed by atoms with van der Waals surface area (Å²) in [5.74, 6) is 0.720. The van der Waals surface area contributed by atoms with Crippen LogP contribution in [0.1, 0.15) is 19.7 Å². The molecule has 2 heterocycles. The Morgan fingerprint density at radius 3 is 2.65 bits per heavy atom. The summed E-state index contributed by atoms with van der Waals surface area (Å²) < 4.78 is 1.79. The van der Waals surface area contributed by atoms with E-state index in [4.69, 9.17) is 5.73 Å². The van der Waals surface area contributed by atoms with Crippen molar-refractivity contribution in [3.8, 4) is 0 Å². The minimum atomic E-state index is -0.857. The Kier molecular flexibility index (Phi) is 3.51. The molecule has 0 atom stereocenters. The van der Waals surface area contributed by atoms with Crippen LogP contribution in [0.25, 0.3) is 21.9 Å². The predicted molar refractivity (Wildman–Crippen MR) is 88.8 cm³/mol. The van der Waals surface area contributed by atoms with Crippen molar-refractivity contribution in [2.45, 2.75) is 32.5 Å². The Morgan fingerprint density at radius 1 is 1.22 bits per heavy atom. The van der Waals surface area contributed by atoms with Crippen LogP contribution in [0.15, 0.2) is 34.6 Å². The van der Waals surface area contributed by atoms with Crippen molar-refractivity contribution in [2.75, 3.05) is 5.73 Å². The lowest BCUT2D eigenvalue weighted by Crippen LogP contribution is -2.25. The maximum absolute atomic E-state index is 11.1. The average molecular weight is 312 g/mol. The molecule has 2 N–H and O–H groups in total. The average Bonchev–Trinajstić information content (AvgIpc) is 2.87. The van der Waals surface area contributed by atoms with Gasteiger partial charge in [0.15, 0.2) is 5.82 Å². The fourth-order valence-electron chi connectivity index (χ4n) is 2.67. The van der Waals surface area contributed by atoms with Crippen LogP contribution in [0.5, 0.6) is 0 Å². The maximum atomic E-state index is 11.1. The molecular formula is C15H16N6O2. The summed E-state index contributed by atoms with van der Waals surface area (Å²) in [6.45, 7) is 3.59. The van der Waals surface area contributed by atoms with E-state index in [9.17, 15) is 9.81 Å². The van der Waals surface area contributed by atoms with E-state index in [2.05, 4.69) is 20.3 Å². The molecule has 0 fully saturated rings. The normalized spacial score (nSPS) is 11.9. The molecule has 2 aromatic heterocycles. The van der Waals surface area contributed by atoms with Crippen molar-refractivity contribution in [3.63, 3.8) is 0 Å². The topological polar surface area (TPSA) is 116 Å². The second-order valence-electron chi connectivity index (χ2n) is 6.02. The number of nitrogen functional groups attached to an aromatic ring is 1. The van der Waals surface area contributed by atoms with E-state index in [0.717, 1.165) is 16.4 Å². The van der Waals surface area contributed by atoms with Crippen molar-refractivity contribution in [1.29, 1.82) is 0 Å². The fourth-order valence-corrected chi connectivity index (χ4v) is 2.67. The predicted octanol–water partition coefficient (Wildman–Crippen LogP) is 2.98. The van der Waals surface area contributed by atoms with Gasteiger partial charge in [-0.05, 0) is 19.9 Å². The first-order chi connectivity index (χ1) is 11.0. The maximum Gasteiger partial charge on any atom is 0.152 e. The summed E-state index contributed by atoms with van der Waals surface area (Å²) in [5.41, 5.74) is 7.13. The van der Waals surface area contributed by atoms with Crippen LogP contribution >= 0.6 is 0 Å². The van der Waals surface area contributed by atoms with Gasteiger partial charge in [0.05, 0.1) is 17.6 Å². The van der Waals surface area contributed by atoms with Crippen molar-refractivity contribution < 1.29 is 0 Å². The van der Waals surface area contributed by atoms with Crippen LogP contribution in [-0.2, 0) is 13.1 Å². The molecule has 0 aliphatic rings. The summed E-state index contributed by atoms with van der Waals surface area (Å²) in [7, 11) is 0. The second-order valence-corrected chi connectivity index (χ2v) is 6.02. The quantitative estimate of drug-likeness (QED) is 0.727. The number of nitrogens with zero attached hydrogens (tertiary/aromatic N) is 5. The molecule has 0 spiro atoms. The summed E-state index contributed by atoms with van der Waals surface area (Å²) in [5, 5.41) is 6.93. The third-order valence-corrected chi connectivity index (χ3v) is 3.69.